The van der Waals surface area contributed by atoms with E-state index in [-0.39, 0.29) is 18.0 Å². The van der Waals surface area contributed by atoms with Gasteiger partial charge < -0.3 is 15.3 Å². The number of amides is 2. The van der Waals surface area contributed by atoms with Crippen molar-refractivity contribution in [3.8, 4) is 11.1 Å². The van der Waals surface area contributed by atoms with Gasteiger partial charge in [0.1, 0.15) is 0 Å². The second kappa shape index (κ2) is 8.04. The van der Waals surface area contributed by atoms with Crippen molar-refractivity contribution in [3.63, 3.8) is 0 Å². The maximum absolute atomic E-state index is 12.4. The first-order valence-electron chi connectivity index (χ1n) is 8.98. The highest BCUT2D eigenvalue weighted by Gasteiger charge is 2.27. The maximum Gasteiger partial charge on any atom is 0.317 e. The number of carbonyl (C=O) groups is 2. The van der Waals surface area contributed by atoms with E-state index in [4.69, 9.17) is 5.11 Å². The molecule has 0 radical (unpaired) electrons. The van der Waals surface area contributed by atoms with Gasteiger partial charge in [0, 0.05) is 13.1 Å². The topological polar surface area (TPSA) is 69.6 Å². The minimum absolute atomic E-state index is 0.107. The Balaban J connectivity index is 1.57. The van der Waals surface area contributed by atoms with E-state index < -0.39 is 5.97 Å². The summed E-state index contributed by atoms with van der Waals surface area (Å²) in [5.41, 5.74) is 3.35. The Hall–Kier alpha value is -2.82. The molecule has 1 aliphatic heterocycles. The zero-order valence-electron chi connectivity index (χ0n) is 14.9. The fourth-order valence-electron chi connectivity index (χ4n) is 3.28. The van der Waals surface area contributed by atoms with E-state index in [1.165, 1.54) is 0 Å². The van der Waals surface area contributed by atoms with Crippen molar-refractivity contribution in [2.24, 2.45) is 5.92 Å². The molecule has 1 saturated heterocycles. The van der Waals surface area contributed by atoms with Crippen LogP contribution in [0.25, 0.3) is 11.1 Å². The fraction of sp³-hybridized carbons (Fsp3) is 0.333. The van der Waals surface area contributed by atoms with Crippen LogP contribution in [-0.2, 0) is 4.79 Å². The molecule has 3 rings (SSSR count). The molecule has 2 aromatic carbocycles. The summed E-state index contributed by atoms with van der Waals surface area (Å²) in [6, 6.07) is 18.1. The van der Waals surface area contributed by atoms with Gasteiger partial charge in [0.15, 0.2) is 0 Å². The number of carbonyl (C=O) groups excluding carboxylic acids is 1. The number of urea groups is 1. The number of carboxylic acids is 1. The van der Waals surface area contributed by atoms with Crippen LogP contribution in [0.3, 0.4) is 0 Å². The van der Waals surface area contributed by atoms with E-state index in [0.717, 1.165) is 16.7 Å². The molecule has 136 valence electrons. The summed E-state index contributed by atoms with van der Waals surface area (Å²) in [6.07, 6.45) is 1.03. The molecule has 0 saturated carbocycles. The predicted octanol–water partition coefficient (Wildman–Crippen LogP) is 3.92. The van der Waals surface area contributed by atoms with Gasteiger partial charge in [-0.3, -0.25) is 4.79 Å². The van der Waals surface area contributed by atoms with E-state index in [2.05, 4.69) is 29.6 Å². The molecule has 0 spiro atoms. The SMILES string of the molecule is CC(NC(=O)N1CCC(C(=O)O)CC1)c1ccc(-c2ccccc2)cc1. The lowest BCUT2D eigenvalue weighted by atomic mass is 9.97. The van der Waals surface area contributed by atoms with Crippen molar-refractivity contribution in [2.75, 3.05) is 13.1 Å². The van der Waals surface area contributed by atoms with Gasteiger partial charge >= 0.3 is 12.0 Å². The van der Waals surface area contributed by atoms with Gasteiger partial charge in [-0.25, -0.2) is 4.79 Å². The molecule has 26 heavy (non-hydrogen) atoms. The fourth-order valence-corrected chi connectivity index (χ4v) is 3.28. The van der Waals surface area contributed by atoms with Crippen LogP contribution < -0.4 is 5.32 Å². The number of nitrogens with one attached hydrogen (secondary N) is 1. The van der Waals surface area contributed by atoms with Crippen LogP contribution in [-0.4, -0.2) is 35.1 Å². The van der Waals surface area contributed by atoms with Crippen molar-refractivity contribution in [2.45, 2.75) is 25.8 Å². The van der Waals surface area contributed by atoms with Crippen LogP contribution in [0.4, 0.5) is 4.79 Å². The van der Waals surface area contributed by atoms with Crippen molar-refractivity contribution >= 4 is 12.0 Å². The Kier molecular flexibility index (Phi) is 5.56. The van der Waals surface area contributed by atoms with Gasteiger partial charge in [0.2, 0.25) is 0 Å². The number of carboxylic acid groups (broad SMARTS) is 1. The number of aliphatic carboxylic acids is 1. The van der Waals surface area contributed by atoms with Crippen molar-refractivity contribution in [1.82, 2.24) is 10.2 Å². The molecule has 0 aromatic heterocycles. The van der Waals surface area contributed by atoms with E-state index in [9.17, 15) is 9.59 Å². The van der Waals surface area contributed by atoms with Gasteiger partial charge in [-0.15, -0.1) is 0 Å². The molecule has 2 N–H and O–H groups in total. The average molecular weight is 352 g/mol. The maximum atomic E-state index is 12.4. The normalized spacial score (nSPS) is 16.1. The number of hydrogen-bond acceptors (Lipinski definition) is 2. The molecule has 2 aromatic rings. The third kappa shape index (κ3) is 4.23. The quantitative estimate of drug-likeness (QED) is 0.876. The van der Waals surface area contributed by atoms with Crippen molar-refractivity contribution in [3.05, 3.63) is 60.2 Å². The van der Waals surface area contributed by atoms with Crippen molar-refractivity contribution in [1.29, 1.82) is 0 Å². The van der Waals surface area contributed by atoms with Gasteiger partial charge in [-0.05, 0) is 36.5 Å². The summed E-state index contributed by atoms with van der Waals surface area (Å²) in [7, 11) is 0. The van der Waals surface area contributed by atoms with Gasteiger partial charge in [0.25, 0.3) is 0 Å². The van der Waals surface area contributed by atoms with Crippen LogP contribution in [0.5, 0.6) is 0 Å². The zero-order valence-corrected chi connectivity index (χ0v) is 14.9. The Bertz CT molecular complexity index is 751. The van der Waals surface area contributed by atoms with Gasteiger partial charge in [-0.2, -0.15) is 0 Å². The summed E-state index contributed by atoms with van der Waals surface area (Å²) in [6.45, 7) is 2.93. The number of benzene rings is 2. The summed E-state index contributed by atoms with van der Waals surface area (Å²) in [5.74, 6) is -1.10. The molecule has 5 heteroatoms. The molecule has 1 fully saturated rings. The number of hydrogen-bond donors (Lipinski definition) is 2. The number of rotatable bonds is 4. The summed E-state index contributed by atoms with van der Waals surface area (Å²) < 4.78 is 0. The van der Waals surface area contributed by atoms with E-state index in [0.29, 0.717) is 25.9 Å². The van der Waals surface area contributed by atoms with Crippen LogP contribution in [0.1, 0.15) is 31.4 Å². The van der Waals surface area contributed by atoms with Gasteiger partial charge in [-0.1, -0.05) is 54.6 Å². The Morgan fingerprint density at radius 3 is 2.15 bits per heavy atom. The highest BCUT2D eigenvalue weighted by molar-refractivity contribution is 5.76. The average Bonchev–Trinajstić information content (AvgIpc) is 2.68. The second-order valence-electron chi connectivity index (χ2n) is 6.76. The minimum Gasteiger partial charge on any atom is -0.481 e. The molecule has 5 nitrogen and oxygen atoms in total. The monoisotopic (exact) mass is 352 g/mol. The Morgan fingerprint density at radius 2 is 1.58 bits per heavy atom. The first kappa shape index (κ1) is 18.0. The highest BCUT2D eigenvalue weighted by atomic mass is 16.4. The van der Waals surface area contributed by atoms with Crippen LogP contribution >= 0.6 is 0 Å². The van der Waals surface area contributed by atoms with Crippen molar-refractivity contribution < 1.29 is 14.7 Å². The van der Waals surface area contributed by atoms with E-state index >= 15 is 0 Å². The van der Waals surface area contributed by atoms with E-state index in [1.54, 1.807) is 4.90 Å². The second-order valence-corrected chi connectivity index (χ2v) is 6.76. The summed E-state index contributed by atoms with van der Waals surface area (Å²) in [5, 5.41) is 12.1. The first-order valence-corrected chi connectivity index (χ1v) is 8.98. The van der Waals surface area contributed by atoms with Crippen LogP contribution in [0.15, 0.2) is 54.6 Å². The number of piperidine rings is 1. The van der Waals surface area contributed by atoms with E-state index in [1.807, 2.05) is 37.3 Å². The number of nitrogens with zero attached hydrogens (tertiary/aromatic N) is 1. The molecule has 1 atom stereocenters. The molecule has 1 heterocycles. The molecule has 0 bridgehead atoms. The lowest BCUT2D eigenvalue weighted by molar-refractivity contribution is -0.143. The largest absolute Gasteiger partial charge is 0.481 e. The third-order valence-corrected chi connectivity index (χ3v) is 4.99. The number of likely N-dealkylation sites (tertiary alicyclic amines) is 1. The molecular weight excluding hydrogens is 328 g/mol. The molecule has 2 amide bonds. The van der Waals surface area contributed by atoms with Gasteiger partial charge in [0.05, 0.1) is 12.0 Å². The lowest BCUT2D eigenvalue weighted by Gasteiger charge is -2.31. The molecule has 1 unspecified atom stereocenters. The molecule has 1 aliphatic rings. The standard InChI is InChI=1S/C21H24N2O3/c1-15(22-21(26)23-13-11-19(12-14-23)20(24)25)16-7-9-18(10-8-16)17-5-3-2-4-6-17/h2-10,15,19H,11-14H2,1H3,(H,22,26)(H,24,25). The summed E-state index contributed by atoms with van der Waals surface area (Å²) in [4.78, 5) is 25.1. The smallest absolute Gasteiger partial charge is 0.317 e. The molecule has 0 aliphatic carbocycles. The van der Waals surface area contributed by atoms with Crippen LogP contribution in [0, 0.1) is 5.92 Å². The Morgan fingerprint density at radius 1 is 1.00 bits per heavy atom. The minimum atomic E-state index is -0.767. The highest BCUT2D eigenvalue weighted by Crippen LogP contribution is 2.22. The predicted molar refractivity (Wildman–Crippen MR) is 101 cm³/mol. The van der Waals surface area contributed by atoms with Crippen LogP contribution in [0.2, 0.25) is 0 Å². The summed E-state index contributed by atoms with van der Waals surface area (Å²) >= 11 is 0. The lowest BCUT2D eigenvalue weighted by Crippen LogP contribution is -2.46. The zero-order chi connectivity index (χ0) is 18.5. The first-order chi connectivity index (χ1) is 12.5. The Labute approximate surface area is 153 Å². The molecular formula is C21H24N2O3. The third-order valence-electron chi connectivity index (χ3n) is 4.99.